The molecule has 0 bridgehead atoms. The van der Waals surface area contributed by atoms with E-state index in [1.807, 2.05) is 17.0 Å². The third kappa shape index (κ3) is 3.28. The summed E-state index contributed by atoms with van der Waals surface area (Å²) in [5.41, 5.74) is 0. The van der Waals surface area contributed by atoms with Crippen molar-refractivity contribution in [3.05, 3.63) is 20.8 Å². The summed E-state index contributed by atoms with van der Waals surface area (Å²) in [5, 5.41) is 12.7. The number of thiophene rings is 1. The molecule has 1 atom stereocenters. The summed E-state index contributed by atoms with van der Waals surface area (Å²) >= 11 is 4.88. The maximum absolute atomic E-state index is 11.4. The monoisotopic (exact) mass is 318 g/mol. The molecule has 0 aliphatic carbocycles. The van der Waals surface area contributed by atoms with Crippen LogP contribution in [0.15, 0.2) is 15.9 Å². The van der Waals surface area contributed by atoms with E-state index in [2.05, 4.69) is 21.2 Å². The second-order valence-corrected chi connectivity index (χ2v) is 6.52. The molecule has 1 unspecified atom stereocenters. The van der Waals surface area contributed by atoms with Crippen molar-refractivity contribution in [3.63, 3.8) is 0 Å². The summed E-state index contributed by atoms with van der Waals surface area (Å²) in [4.78, 5) is 14.4. The van der Waals surface area contributed by atoms with Gasteiger partial charge in [0.05, 0.1) is 3.79 Å². The summed E-state index contributed by atoms with van der Waals surface area (Å²) in [7, 11) is 0. The topological polar surface area (TPSA) is 52.6 Å². The third-order valence-corrected chi connectivity index (χ3v) is 4.51. The molecule has 2 heterocycles. The molecule has 94 valence electrons. The van der Waals surface area contributed by atoms with Gasteiger partial charge in [0.15, 0.2) is 0 Å². The summed E-state index contributed by atoms with van der Waals surface area (Å²) in [6, 6.07) is 3.30. The molecule has 4 nitrogen and oxygen atoms in total. The van der Waals surface area contributed by atoms with Crippen molar-refractivity contribution >= 4 is 33.2 Å². The highest BCUT2D eigenvalue weighted by atomic mass is 79.9. The van der Waals surface area contributed by atoms with Crippen molar-refractivity contribution < 1.29 is 9.90 Å². The summed E-state index contributed by atoms with van der Waals surface area (Å²) in [6.45, 7) is 3.44. The highest BCUT2D eigenvalue weighted by Crippen LogP contribution is 2.31. The van der Waals surface area contributed by atoms with E-state index in [0.29, 0.717) is 0 Å². The van der Waals surface area contributed by atoms with Gasteiger partial charge in [0.25, 0.3) is 0 Å². The molecule has 0 saturated carbocycles. The van der Waals surface area contributed by atoms with Gasteiger partial charge in [0, 0.05) is 24.5 Å². The number of aliphatic carboxylic acids is 1. The Morgan fingerprint density at radius 1 is 1.47 bits per heavy atom. The van der Waals surface area contributed by atoms with Crippen molar-refractivity contribution in [2.75, 3.05) is 26.2 Å². The van der Waals surface area contributed by atoms with E-state index in [9.17, 15) is 9.90 Å². The third-order valence-electron chi connectivity index (χ3n) is 2.84. The van der Waals surface area contributed by atoms with Gasteiger partial charge in [-0.25, -0.2) is 0 Å². The van der Waals surface area contributed by atoms with Crippen LogP contribution in [0.5, 0.6) is 0 Å². The van der Waals surface area contributed by atoms with E-state index in [1.54, 1.807) is 0 Å². The molecule has 1 aromatic heterocycles. The van der Waals surface area contributed by atoms with E-state index < -0.39 is 12.0 Å². The van der Waals surface area contributed by atoms with Gasteiger partial charge in [-0.05, 0) is 41.0 Å². The molecule has 17 heavy (non-hydrogen) atoms. The molecule has 2 rings (SSSR count). The fourth-order valence-corrected chi connectivity index (χ4v) is 3.61. The van der Waals surface area contributed by atoms with Gasteiger partial charge in [-0.1, -0.05) is 0 Å². The number of halogens is 1. The Bertz CT molecular complexity index is 389. The van der Waals surface area contributed by atoms with Gasteiger partial charge in [-0.15, -0.1) is 11.3 Å². The van der Waals surface area contributed by atoms with E-state index in [1.165, 1.54) is 11.3 Å². The number of carbonyl (C=O) groups is 1. The van der Waals surface area contributed by atoms with Gasteiger partial charge in [0.2, 0.25) is 0 Å². The second-order valence-electron chi connectivity index (χ2n) is 4.02. The van der Waals surface area contributed by atoms with Crippen molar-refractivity contribution in [1.82, 2.24) is 10.2 Å². The minimum absolute atomic E-state index is 0.508. The average molecular weight is 319 g/mol. The van der Waals surface area contributed by atoms with Crippen LogP contribution in [0.3, 0.4) is 0 Å². The Morgan fingerprint density at radius 3 is 2.94 bits per heavy atom. The average Bonchev–Trinajstić information content (AvgIpc) is 2.53. The zero-order valence-corrected chi connectivity index (χ0v) is 11.8. The zero-order chi connectivity index (χ0) is 12.3. The van der Waals surface area contributed by atoms with E-state index in [-0.39, 0.29) is 0 Å². The number of rotatable bonds is 3. The smallest absolute Gasteiger partial charge is 0.326 e. The van der Waals surface area contributed by atoms with Gasteiger partial charge in [-0.3, -0.25) is 9.69 Å². The van der Waals surface area contributed by atoms with Gasteiger partial charge >= 0.3 is 5.97 Å². The maximum atomic E-state index is 11.4. The minimum atomic E-state index is -0.763. The van der Waals surface area contributed by atoms with Crippen LogP contribution < -0.4 is 5.32 Å². The lowest BCUT2D eigenvalue weighted by molar-refractivity contribution is -0.143. The first kappa shape index (κ1) is 13.0. The Kier molecular flexibility index (Phi) is 4.55. The quantitative estimate of drug-likeness (QED) is 0.894. The summed E-state index contributed by atoms with van der Waals surface area (Å²) < 4.78 is 0.978. The zero-order valence-electron chi connectivity index (χ0n) is 9.36. The number of carboxylic acid groups (broad SMARTS) is 1. The molecule has 2 N–H and O–H groups in total. The molecule has 1 fully saturated rings. The highest BCUT2D eigenvalue weighted by Gasteiger charge is 2.28. The molecule has 1 aliphatic rings. The molecule has 1 saturated heterocycles. The lowest BCUT2D eigenvalue weighted by Gasteiger charge is -2.26. The lowest BCUT2D eigenvalue weighted by atomic mass is 10.2. The summed E-state index contributed by atoms with van der Waals surface area (Å²) in [5.74, 6) is -0.763. The van der Waals surface area contributed by atoms with Crippen LogP contribution in [-0.4, -0.2) is 42.2 Å². The fraction of sp³-hybridized carbons (Fsp3) is 0.545. The lowest BCUT2D eigenvalue weighted by Crippen LogP contribution is -2.36. The summed E-state index contributed by atoms with van der Waals surface area (Å²) in [6.07, 6.45) is 0.996. The van der Waals surface area contributed by atoms with Crippen LogP contribution in [0.2, 0.25) is 0 Å². The van der Waals surface area contributed by atoms with Crippen molar-refractivity contribution in [2.45, 2.75) is 12.5 Å². The van der Waals surface area contributed by atoms with E-state index in [4.69, 9.17) is 0 Å². The normalized spacial score (nSPS) is 19.8. The Labute approximate surface area is 113 Å². The van der Waals surface area contributed by atoms with Crippen LogP contribution in [0.1, 0.15) is 17.3 Å². The van der Waals surface area contributed by atoms with Crippen molar-refractivity contribution in [2.24, 2.45) is 0 Å². The Hall–Kier alpha value is -0.430. The van der Waals surface area contributed by atoms with Crippen LogP contribution in [0.25, 0.3) is 0 Å². The minimum Gasteiger partial charge on any atom is -0.480 e. The van der Waals surface area contributed by atoms with Crippen molar-refractivity contribution in [3.8, 4) is 0 Å². The van der Waals surface area contributed by atoms with Crippen LogP contribution >= 0.6 is 27.3 Å². The highest BCUT2D eigenvalue weighted by molar-refractivity contribution is 9.11. The standard InChI is InChI=1S/C11H15BrN2O2S/c12-9-3-2-8(17-9)10(11(15)16)14-6-1-4-13-5-7-14/h2-3,10,13H,1,4-7H2,(H,15,16). The predicted octanol–water partition coefficient (Wildman–Crippen LogP) is 1.93. The Balaban J connectivity index is 2.18. The van der Waals surface area contributed by atoms with Crippen LogP contribution in [-0.2, 0) is 4.79 Å². The largest absolute Gasteiger partial charge is 0.480 e. The van der Waals surface area contributed by atoms with Gasteiger partial charge in [0.1, 0.15) is 6.04 Å². The molecule has 6 heteroatoms. The number of carboxylic acids is 1. The number of nitrogens with zero attached hydrogens (tertiary/aromatic N) is 1. The van der Waals surface area contributed by atoms with E-state index in [0.717, 1.165) is 41.3 Å². The first-order chi connectivity index (χ1) is 8.18. The maximum Gasteiger partial charge on any atom is 0.326 e. The van der Waals surface area contributed by atoms with E-state index >= 15 is 0 Å². The molecule has 1 aromatic rings. The predicted molar refractivity (Wildman–Crippen MR) is 71.5 cm³/mol. The SMILES string of the molecule is O=C(O)C(c1ccc(Br)s1)N1CCCNCC1. The molecule has 0 amide bonds. The molecular formula is C11H15BrN2O2S. The van der Waals surface area contributed by atoms with Crippen molar-refractivity contribution in [1.29, 1.82) is 0 Å². The van der Waals surface area contributed by atoms with Gasteiger partial charge in [-0.2, -0.15) is 0 Å². The first-order valence-electron chi connectivity index (χ1n) is 5.61. The number of hydrogen-bond acceptors (Lipinski definition) is 4. The molecule has 0 spiro atoms. The molecule has 1 aliphatic heterocycles. The Morgan fingerprint density at radius 2 is 2.29 bits per heavy atom. The number of nitrogens with one attached hydrogen (secondary N) is 1. The molecule has 0 aromatic carbocycles. The number of hydrogen-bond donors (Lipinski definition) is 2. The first-order valence-corrected chi connectivity index (χ1v) is 7.22. The van der Waals surface area contributed by atoms with Crippen LogP contribution in [0, 0.1) is 0 Å². The fourth-order valence-electron chi connectivity index (χ4n) is 2.06. The van der Waals surface area contributed by atoms with Crippen LogP contribution in [0.4, 0.5) is 0 Å². The molecular weight excluding hydrogens is 304 g/mol. The molecule has 0 radical (unpaired) electrons. The van der Waals surface area contributed by atoms with Gasteiger partial charge < -0.3 is 10.4 Å². The second kappa shape index (κ2) is 5.95.